The molecule has 1 spiro atoms. The Morgan fingerprint density at radius 3 is 2.88 bits per heavy atom. The standard InChI is InChI=1S/C14H16N2O/c1-8-4-5-12-10(6-8)14(9(2)16(12)3)7-11(14)13(15)17/h4-6,11H,2,7H2,1,3H3,(H2,15,17)/t11-,14+/m0/s1. The lowest BCUT2D eigenvalue weighted by Gasteiger charge is -2.16. The number of nitrogens with zero attached hydrogens (tertiary/aromatic N) is 1. The van der Waals surface area contributed by atoms with Gasteiger partial charge < -0.3 is 10.6 Å². The summed E-state index contributed by atoms with van der Waals surface area (Å²) in [4.78, 5) is 13.5. The number of nitrogens with two attached hydrogens (primary N) is 1. The maximum Gasteiger partial charge on any atom is 0.221 e. The highest BCUT2D eigenvalue weighted by Crippen LogP contribution is 2.65. The molecule has 3 nitrogen and oxygen atoms in total. The molecule has 1 heterocycles. The minimum absolute atomic E-state index is 0.0829. The molecule has 1 aliphatic heterocycles. The van der Waals surface area contributed by atoms with Gasteiger partial charge in [0.2, 0.25) is 5.91 Å². The Balaban J connectivity index is 2.18. The molecule has 3 rings (SSSR count). The number of benzene rings is 1. The summed E-state index contributed by atoms with van der Waals surface area (Å²) in [6.45, 7) is 6.21. The fraction of sp³-hybridized carbons (Fsp3) is 0.357. The summed E-state index contributed by atoms with van der Waals surface area (Å²) in [5.74, 6) is -0.297. The van der Waals surface area contributed by atoms with Gasteiger partial charge in [0.15, 0.2) is 0 Å². The van der Waals surface area contributed by atoms with Crippen LogP contribution >= 0.6 is 0 Å². The molecule has 3 heteroatoms. The van der Waals surface area contributed by atoms with E-state index in [0.717, 1.165) is 17.8 Å². The lowest BCUT2D eigenvalue weighted by Crippen LogP contribution is -2.23. The van der Waals surface area contributed by atoms with Gasteiger partial charge in [-0.1, -0.05) is 24.3 Å². The van der Waals surface area contributed by atoms with Crippen molar-refractivity contribution in [3.8, 4) is 0 Å². The molecule has 2 N–H and O–H groups in total. The zero-order valence-corrected chi connectivity index (χ0v) is 10.2. The van der Waals surface area contributed by atoms with Crippen molar-refractivity contribution in [3.05, 3.63) is 41.6 Å². The van der Waals surface area contributed by atoms with Gasteiger partial charge in [-0.25, -0.2) is 0 Å². The molecule has 1 amide bonds. The summed E-state index contributed by atoms with van der Waals surface area (Å²) >= 11 is 0. The highest BCUT2D eigenvalue weighted by Gasteiger charge is 2.65. The van der Waals surface area contributed by atoms with Crippen LogP contribution in [0.3, 0.4) is 0 Å². The Hall–Kier alpha value is -1.77. The minimum atomic E-state index is -0.214. The summed E-state index contributed by atoms with van der Waals surface area (Å²) in [5.41, 5.74) is 9.83. The van der Waals surface area contributed by atoms with Gasteiger partial charge in [-0.15, -0.1) is 0 Å². The van der Waals surface area contributed by atoms with Gasteiger partial charge >= 0.3 is 0 Å². The molecule has 0 radical (unpaired) electrons. The first-order valence-corrected chi connectivity index (χ1v) is 5.82. The first kappa shape index (κ1) is 10.4. The molecule has 2 aliphatic rings. The number of aryl methyl sites for hydroxylation is 1. The van der Waals surface area contributed by atoms with Gasteiger partial charge in [0, 0.05) is 23.8 Å². The number of amides is 1. The normalized spacial score (nSPS) is 29.6. The van der Waals surface area contributed by atoms with Crippen LogP contribution < -0.4 is 10.6 Å². The van der Waals surface area contributed by atoms with Crippen molar-refractivity contribution >= 4 is 11.6 Å². The Morgan fingerprint density at radius 2 is 2.29 bits per heavy atom. The second-order valence-corrected chi connectivity index (χ2v) is 5.16. The largest absolute Gasteiger partial charge is 0.369 e. The molecule has 1 aliphatic carbocycles. The number of likely N-dealkylation sites (N-methyl/N-ethyl adjacent to an activating group) is 1. The van der Waals surface area contributed by atoms with Crippen molar-refractivity contribution in [2.24, 2.45) is 11.7 Å². The van der Waals surface area contributed by atoms with Gasteiger partial charge in [-0.3, -0.25) is 4.79 Å². The molecule has 2 atom stereocenters. The summed E-state index contributed by atoms with van der Waals surface area (Å²) in [6, 6.07) is 6.34. The average Bonchev–Trinajstić information content (AvgIpc) is 2.99. The number of carbonyl (C=O) groups is 1. The number of rotatable bonds is 1. The smallest absolute Gasteiger partial charge is 0.221 e. The van der Waals surface area contributed by atoms with Crippen molar-refractivity contribution < 1.29 is 4.79 Å². The van der Waals surface area contributed by atoms with E-state index in [9.17, 15) is 4.79 Å². The Kier molecular flexibility index (Phi) is 1.78. The molecular weight excluding hydrogens is 212 g/mol. The Labute approximate surface area is 101 Å². The number of allylic oxidation sites excluding steroid dienone is 1. The zero-order valence-electron chi connectivity index (χ0n) is 10.2. The van der Waals surface area contributed by atoms with E-state index >= 15 is 0 Å². The van der Waals surface area contributed by atoms with E-state index in [0.29, 0.717) is 0 Å². The molecule has 0 bridgehead atoms. The van der Waals surface area contributed by atoms with E-state index in [1.165, 1.54) is 11.1 Å². The lowest BCUT2D eigenvalue weighted by molar-refractivity contribution is -0.119. The minimum Gasteiger partial charge on any atom is -0.369 e. The number of anilines is 1. The van der Waals surface area contributed by atoms with E-state index in [4.69, 9.17) is 5.73 Å². The van der Waals surface area contributed by atoms with E-state index < -0.39 is 0 Å². The lowest BCUT2D eigenvalue weighted by atomic mass is 9.92. The fourth-order valence-electron chi connectivity index (χ4n) is 3.12. The summed E-state index contributed by atoms with van der Waals surface area (Å²) in [7, 11) is 2.00. The Bertz CT molecular complexity index is 549. The maximum atomic E-state index is 11.4. The third-order valence-electron chi connectivity index (χ3n) is 4.22. The van der Waals surface area contributed by atoms with Crippen LogP contribution in [0.25, 0.3) is 0 Å². The van der Waals surface area contributed by atoms with E-state index in [2.05, 4.69) is 36.6 Å². The molecule has 88 valence electrons. The zero-order chi connectivity index (χ0) is 12.4. The first-order valence-electron chi connectivity index (χ1n) is 5.82. The second kappa shape index (κ2) is 2.92. The molecule has 17 heavy (non-hydrogen) atoms. The van der Waals surface area contributed by atoms with Crippen LogP contribution in [0.15, 0.2) is 30.5 Å². The highest BCUT2D eigenvalue weighted by molar-refractivity contribution is 5.88. The predicted molar refractivity (Wildman–Crippen MR) is 67.7 cm³/mol. The third-order valence-corrected chi connectivity index (χ3v) is 4.22. The fourth-order valence-corrected chi connectivity index (χ4v) is 3.12. The molecule has 0 unspecified atom stereocenters. The maximum absolute atomic E-state index is 11.4. The number of carbonyl (C=O) groups excluding carboxylic acids is 1. The second-order valence-electron chi connectivity index (χ2n) is 5.16. The molecule has 1 aromatic rings. The highest BCUT2D eigenvalue weighted by atomic mass is 16.1. The van der Waals surface area contributed by atoms with Crippen LogP contribution in [0, 0.1) is 12.8 Å². The van der Waals surface area contributed by atoms with Gasteiger partial charge in [0.25, 0.3) is 0 Å². The number of primary amides is 1. The van der Waals surface area contributed by atoms with Crippen LogP contribution in [-0.2, 0) is 10.2 Å². The number of fused-ring (bicyclic) bond motifs is 2. The molecule has 1 fully saturated rings. The molecule has 1 aromatic carbocycles. The average molecular weight is 228 g/mol. The van der Waals surface area contributed by atoms with Crippen molar-refractivity contribution in [2.75, 3.05) is 11.9 Å². The topological polar surface area (TPSA) is 46.3 Å². The van der Waals surface area contributed by atoms with Crippen LogP contribution in [0.2, 0.25) is 0 Å². The first-order chi connectivity index (χ1) is 7.98. The van der Waals surface area contributed by atoms with Crippen LogP contribution in [0.1, 0.15) is 17.5 Å². The van der Waals surface area contributed by atoms with Gasteiger partial charge in [-0.2, -0.15) is 0 Å². The van der Waals surface area contributed by atoms with Crippen LogP contribution in [-0.4, -0.2) is 13.0 Å². The van der Waals surface area contributed by atoms with Gasteiger partial charge in [-0.05, 0) is 25.0 Å². The van der Waals surface area contributed by atoms with E-state index in [1.807, 2.05) is 7.05 Å². The van der Waals surface area contributed by atoms with Gasteiger partial charge in [0.05, 0.1) is 5.92 Å². The monoisotopic (exact) mass is 228 g/mol. The van der Waals surface area contributed by atoms with Crippen molar-refractivity contribution in [1.82, 2.24) is 0 Å². The van der Waals surface area contributed by atoms with Crippen molar-refractivity contribution in [3.63, 3.8) is 0 Å². The third kappa shape index (κ3) is 1.09. The Morgan fingerprint density at radius 1 is 1.59 bits per heavy atom. The SMILES string of the molecule is C=C1N(C)c2ccc(C)cc2[C@@]12C[C@H]2C(N)=O. The van der Waals surface area contributed by atoms with Crippen LogP contribution in [0.5, 0.6) is 0 Å². The summed E-state index contributed by atoms with van der Waals surface area (Å²) < 4.78 is 0. The van der Waals surface area contributed by atoms with Crippen molar-refractivity contribution in [1.29, 1.82) is 0 Å². The predicted octanol–water partition coefficient (Wildman–Crippen LogP) is 1.70. The molecule has 0 aromatic heterocycles. The summed E-state index contributed by atoms with van der Waals surface area (Å²) in [6.07, 6.45) is 0.808. The molecule has 1 saturated carbocycles. The summed E-state index contributed by atoms with van der Waals surface area (Å²) in [5, 5.41) is 0. The molecular formula is C14H16N2O. The number of hydrogen-bond acceptors (Lipinski definition) is 2. The van der Waals surface area contributed by atoms with Gasteiger partial charge in [0.1, 0.15) is 0 Å². The van der Waals surface area contributed by atoms with Crippen LogP contribution in [0.4, 0.5) is 5.69 Å². The van der Waals surface area contributed by atoms with E-state index in [1.54, 1.807) is 0 Å². The number of hydrogen-bond donors (Lipinski definition) is 1. The van der Waals surface area contributed by atoms with E-state index in [-0.39, 0.29) is 17.2 Å². The van der Waals surface area contributed by atoms with Crippen molar-refractivity contribution in [2.45, 2.75) is 18.8 Å². The molecule has 0 saturated heterocycles. The quantitative estimate of drug-likeness (QED) is 0.795.